The molecule has 1 heterocycles. The second-order valence-corrected chi connectivity index (χ2v) is 8.30. The lowest BCUT2D eigenvalue weighted by Gasteiger charge is -2.39. The molecule has 2 aromatic rings. The summed E-state index contributed by atoms with van der Waals surface area (Å²) >= 11 is 0. The van der Waals surface area contributed by atoms with Crippen LogP contribution in [-0.2, 0) is 11.2 Å². The number of rotatable bonds is 4. The zero-order chi connectivity index (χ0) is 20.0. The lowest BCUT2D eigenvalue weighted by Crippen LogP contribution is -2.51. The molecule has 0 aromatic heterocycles. The predicted molar refractivity (Wildman–Crippen MR) is 100.0 cm³/mol. The maximum atomic E-state index is 14.4. The molecule has 1 aliphatic heterocycles. The molecule has 0 aliphatic carbocycles. The molecular formula is C21H25F3N2O. The quantitative estimate of drug-likeness (QED) is 0.797. The second-order valence-electron chi connectivity index (χ2n) is 8.30. The Morgan fingerprint density at radius 3 is 2.37 bits per heavy atom. The molecule has 3 rings (SSSR count). The van der Waals surface area contributed by atoms with E-state index in [4.69, 9.17) is 0 Å². The molecule has 1 saturated heterocycles. The van der Waals surface area contributed by atoms with E-state index in [1.54, 1.807) is 32.0 Å². The zero-order valence-corrected chi connectivity index (χ0v) is 16.0. The average molecular weight is 378 g/mol. The van der Waals surface area contributed by atoms with Crippen molar-refractivity contribution in [1.29, 1.82) is 0 Å². The number of halogens is 3. The first-order valence-corrected chi connectivity index (χ1v) is 9.17. The summed E-state index contributed by atoms with van der Waals surface area (Å²) in [5.74, 6) is -0.181. The number of hydrogen-bond donors (Lipinski definition) is 1. The highest BCUT2D eigenvalue weighted by Gasteiger charge is 2.53. The van der Waals surface area contributed by atoms with Crippen molar-refractivity contribution in [3.63, 3.8) is 0 Å². The normalized spacial score (nSPS) is 18.9. The van der Waals surface area contributed by atoms with Gasteiger partial charge in [-0.2, -0.15) is 18.2 Å². The van der Waals surface area contributed by atoms with Crippen LogP contribution in [0.1, 0.15) is 51.3 Å². The fourth-order valence-electron chi connectivity index (χ4n) is 3.94. The molecule has 1 amide bonds. The van der Waals surface area contributed by atoms with Gasteiger partial charge >= 0.3 is 6.18 Å². The van der Waals surface area contributed by atoms with Crippen molar-refractivity contribution in [3.05, 3.63) is 47.5 Å². The van der Waals surface area contributed by atoms with Crippen molar-refractivity contribution >= 4 is 16.7 Å². The number of carbonyl (C=O) groups is 1. The smallest absolute Gasteiger partial charge is 0.287 e. The van der Waals surface area contributed by atoms with E-state index in [0.717, 1.165) is 10.4 Å². The molecule has 2 aromatic carbocycles. The first-order valence-electron chi connectivity index (χ1n) is 9.17. The van der Waals surface area contributed by atoms with Gasteiger partial charge in [0, 0.05) is 12.0 Å². The van der Waals surface area contributed by atoms with Crippen molar-refractivity contribution in [2.45, 2.75) is 58.3 Å². The number of hydrogen-bond acceptors (Lipinski definition) is 2. The van der Waals surface area contributed by atoms with Gasteiger partial charge in [0.2, 0.25) is 5.91 Å². The summed E-state index contributed by atoms with van der Waals surface area (Å²) in [6.07, 6.45) is -3.97. The van der Waals surface area contributed by atoms with E-state index in [-0.39, 0.29) is 23.8 Å². The van der Waals surface area contributed by atoms with Gasteiger partial charge in [0.1, 0.15) is 0 Å². The molecule has 1 aliphatic rings. The molecule has 0 bridgehead atoms. The minimum absolute atomic E-state index is 0.0316. The van der Waals surface area contributed by atoms with Crippen molar-refractivity contribution in [1.82, 2.24) is 10.4 Å². The largest absolute Gasteiger partial charge is 0.409 e. The molecule has 3 nitrogen and oxygen atoms in total. The highest BCUT2D eigenvalue weighted by Crippen LogP contribution is 2.46. The van der Waals surface area contributed by atoms with Crippen LogP contribution in [-0.4, -0.2) is 22.6 Å². The number of fused-ring (bicyclic) bond motifs is 1. The Labute approximate surface area is 157 Å². The summed E-state index contributed by atoms with van der Waals surface area (Å²) in [4.78, 5) is 11.9. The Kier molecular flexibility index (Phi) is 4.97. The van der Waals surface area contributed by atoms with Crippen molar-refractivity contribution in [2.75, 3.05) is 0 Å². The highest BCUT2D eigenvalue weighted by atomic mass is 19.4. The van der Waals surface area contributed by atoms with E-state index in [0.29, 0.717) is 17.4 Å². The van der Waals surface area contributed by atoms with Gasteiger partial charge in [0.15, 0.2) is 6.04 Å². The van der Waals surface area contributed by atoms with Gasteiger partial charge < -0.3 is 0 Å². The van der Waals surface area contributed by atoms with Crippen LogP contribution in [0.25, 0.3) is 10.8 Å². The Hall–Kier alpha value is -2.08. The van der Waals surface area contributed by atoms with E-state index in [9.17, 15) is 18.0 Å². The van der Waals surface area contributed by atoms with Gasteiger partial charge in [-0.05, 0) is 48.1 Å². The van der Waals surface area contributed by atoms with Crippen LogP contribution < -0.4 is 5.43 Å². The van der Waals surface area contributed by atoms with E-state index in [1.165, 1.54) is 0 Å². The number of nitrogens with zero attached hydrogens (tertiary/aromatic N) is 1. The third-order valence-electron chi connectivity index (χ3n) is 5.02. The fourth-order valence-corrected chi connectivity index (χ4v) is 3.94. The predicted octanol–water partition coefficient (Wildman–Crippen LogP) is 5.16. The summed E-state index contributed by atoms with van der Waals surface area (Å²) < 4.78 is 43.1. The minimum Gasteiger partial charge on any atom is -0.287 e. The van der Waals surface area contributed by atoms with Crippen LogP contribution in [0.15, 0.2) is 36.4 Å². The number of benzene rings is 2. The fraction of sp³-hybridized carbons (Fsp3) is 0.476. The molecule has 1 N–H and O–H groups in total. The number of amides is 1. The molecule has 1 fully saturated rings. The van der Waals surface area contributed by atoms with Gasteiger partial charge in [0.25, 0.3) is 0 Å². The first-order chi connectivity index (χ1) is 12.5. The standard InChI is InChI=1S/C21H25F3N2O/c1-13(2)11-15-10-9-14-7-5-6-8-16(14)18(15)19(21(22,23)24)26-20(3,4)12-17(27)25-26/h5-10,13,19H,11-12H2,1-4H3,(H,25,27)/t19-/m0/s1. The van der Waals surface area contributed by atoms with Crippen LogP contribution in [0.2, 0.25) is 0 Å². The van der Waals surface area contributed by atoms with Crippen LogP contribution in [0, 0.1) is 5.92 Å². The number of carbonyl (C=O) groups excluding carboxylic acids is 1. The second kappa shape index (κ2) is 6.82. The molecular weight excluding hydrogens is 353 g/mol. The summed E-state index contributed by atoms with van der Waals surface area (Å²) in [5.41, 5.74) is 2.44. The zero-order valence-electron chi connectivity index (χ0n) is 16.0. The van der Waals surface area contributed by atoms with E-state index < -0.39 is 17.8 Å². The van der Waals surface area contributed by atoms with E-state index >= 15 is 0 Å². The monoisotopic (exact) mass is 378 g/mol. The first kappa shape index (κ1) is 19.7. The Morgan fingerprint density at radius 2 is 1.81 bits per heavy atom. The summed E-state index contributed by atoms with van der Waals surface area (Å²) in [6.45, 7) is 7.31. The number of hydrazine groups is 1. The molecule has 6 heteroatoms. The van der Waals surface area contributed by atoms with E-state index in [1.807, 2.05) is 32.0 Å². The molecule has 0 saturated carbocycles. The van der Waals surface area contributed by atoms with Gasteiger partial charge in [-0.15, -0.1) is 0 Å². The molecule has 0 spiro atoms. The van der Waals surface area contributed by atoms with Gasteiger partial charge in [-0.1, -0.05) is 50.2 Å². The molecule has 1 atom stereocenters. The number of nitrogens with one attached hydrogen (secondary N) is 1. The molecule has 27 heavy (non-hydrogen) atoms. The third-order valence-corrected chi connectivity index (χ3v) is 5.02. The summed E-state index contributed by atoms with van der Waals surface area (Å²) in [6, 6.07) is 8.89. The molecule has 146 valence electrons. The van der Waals surface area contributed by atoms with Gasteiger partial charge in [0.05, 0.1) is 0 Å². The maximum absolute atomic E-state index is 14.4. The van der Waals surface area contributed by atoms with Gasteiger partial charge in [-0.3, -0.25) is 10.2 Å². The molecule has 0 unspecified atom stereocenters. The average Bonchev–Trinajstić information content (AvgIpc) is 2.80. The summed E-state index contributed by atoms with van der Waals surface area (Å²) in [7, 11) is 0. The van der Waals surface area contributed by atoms with Crippen LogP contribution in [0.4, 0.5) is 13.2 Å². The summed E-state index contributed by atoms with van der Waals surface area (Å²) in [5, 5.41) is 2.44. The highest BCUT2D eigenvalue weighted by molar-refractivity contribution is 5.87. The minimum atomic E-state index is -4.54. The Bertz CT molecular complexity index is 858. The van der Waals surface area contributed by atoms with Crippen molar-refractivity contribution in [2.24, 2.45) is 5.92 Å². The van der Waals surface area contributed by atoms with Crippen LogP contribution in [0.5, 0.6) is 0 Å². The number of alkyl halides is 3. The topological polar surface area (TPSA) is 32.3 Å². The lowest BCUT2D eigenvalue weighted by molar-refractivity contribution is -0.203. The van der Waals surface area contributed by atoms with E-state index in [2.05, 4.69) is 5.43 Å². The molecule has 0 radical (unpaired) electrons. The van der Waals surface area contributed by atoms with Crippen LogP contribution in [0.3, 0.4) is 0 Å². The van der Waals surface area contributed by atoms with Gasteiger partial charge in [-0.25, -0.2) is 0 Å². The van der Waals surface area contributed by atoms with Crippen LogP contribution >= 0.6 is 0 Å². The lowest BCUT2D eigenvalue weighted by atomic mass is 9.87. The maximum Gasteiger partial charge on any atom is 0.409 e. The third kappa shape index (κ3) is 3.81. The van der Waals surface area contributed by atoms with Crippen molar-refractivity contribution < 1.29 is 18.0 Å². The van der Waals surface area contributed by atoms with Crippen molar-refractivity contribution in [3.8, 4) is 0 Å². The SMILES string of the molecule is CC(C)Cc1ccc2ccccc2c1[C@H](N1NC(=O)CC1(C)C)C(F)(F)F. The Morgan fingerprint density at radius 1 is 1.15 bits per heavy atom. The Balaban J connectivity index is 2.28.